The Bertz CT molecular complexity index is 377. The third kappa shape index (κ3) is 5.28. The third-order valence-electron chi connectivity index (χ3n) is 1.26. The standard InChI is InChI=1S/C7H9NO3S.Na.H/c1-6-3-2-4-7(5-6)8-12(9,10)11;;/h2-5,8H,1H3,(H,9,10,11);;. The zero-order valence-electron chi connectivity index (χ0n) is 6.48. The van der Waals surface area contributed by atoms with Crippen molar-refractivity contribution in [2.45, 2.75) is 6.92 Å². The van der Waals surface area contributed by atoms with Crippen molar-refractivity contribution >= 4 is 45.5 Å². The van der Waals surface area contributed by atoms with Crippen LogP contribution in [0.25, 0.3) is 0 Å². The van der Waals surface area contributed by atoms with Crippen LogP contribution in [0.1, 0.15) is 5.56 Å². The van der Waals surface area contributed by atoms with E-state index in [1.165, 1.54) is 0 Å². The summed E-state index contributed by atoms with van der Waals surface area (Å²) in [5.41, 5.74) is 1.28. The SMILES string of the molecule is Cc1cccc(NS(=O)(=O)O)c1.[NaH]. The van der Waals surface area contributed by atoms with Gasteiger partial charge >= 0.3 is 39.9 Å². The van der Waals surface area contributed by atoms with Gasteiger partial charge in [-0.15, -0.1) is 0 Å². The van der Waals surface area contributed by atoms with Gasteiger partial charge in [0.25, 0.3) is 0 Å². The van der Waals surface area contributed by atoms with E-state index in [-0.39, 0.29) is 29.6 Å². The molecule has 0 radical (unpaired) electrons. The molecule has 0 saturated carbocycles. The summed E-state index contributed by atoms with van der Waals surface area (Å²) in [7, 11) is -4.14. The third-order valence-corrected chi connectivity index (χ3v) is 1.76. The molecule has 0 aromatic heterocycles. The summed E-state index contributed by atoms with van der Waals surface area (Å²) < 4.78 is 31.1. The first-order chi connectivity index (χ1) is 5.47. The normalized spacial score (nSPS) is 10.3. The Balaban J connectivity index is 0.00000144. The molecule has 1 aromatic rings. The second kappa shape index (κ2) is 4.97. The van der Waals surface area contributed by atoms with Gasteiger partial charge in [0.1, 0.15) is 0 Å². The summed E-state index contributed by atoms with van der Waals surface area (Å²) in [6, 6.07) is 6.70. The predicted octanol–water partition coefficient (Wildman–Crippen LogP) is 0.561. The van der Waals surface area contributed by atoms with E-state index >= 15 is 0 Å². The van der Waals surface area contributed by atoms with Crippen LogP contribution in [-0.4, -0.2) is 42.5 Å². The van der Waals surface area contributed by atoms with Crippen molar-refractivity contribution < 1.29 is 13.0 Å². The average Bonchev–Trinajstić information content (AvgIpc) is 1.82. The van der Waals surface area contributed by atoms with Crippen LogP contribution >= 0.6 is 0 Å². The summed E-state index contributed by atoms with van der Waals surface area (Å²) in [5, 5.41) is 0. The van der Waals surface area contributed by atoms with Crippen LogP contribution in [0.2, 0.25) is 0 Å². The Morgan fingerprint density at radius 1 is 1.38 bits per heavy atom. The molecular weight excluding hydrogens is 201 g/mol. The monoisotopic (exact) mass is 211 g/mol. The molecule has 0 aliphatic rings. The zero-order valence-corrected chi connectivity index (χ0v) is 7.30. The van der Waals surface area contributed by atoms with Gasteiger partial charge < -0.3 is 0 Å². The maximum absolute atomic E-state index is 10.4. The molecule has 1 rings (SSSR count). The summed E-state index contributed by atoms with van der Waals surface area (Å²) in [4.78, 5) is 0. The molecule has 0 saturated heterocycles. The van der Waals surface area contributed by atoms with Crippen molar-refractivity contribution in [3.8, 4) is 0 Å². The van der Waals surface area contributed by atoms with Crippen LogP contribution in [0.4, 0.5) is 5.69 Å². The fourth-order valence-corrected chi connectivity index (χ4v) is 1.28. The molecule has 68 valence electrons. The van der Waals surface area contributed by atoms with Gasteiger partial charge in [-0.05, 0) is 24.6 Å². The molecule has 1 aromatic carbocycles. The van der Waals surface area contributed by atoms with E-state index in [1.54, 1.807) is 18.2 Å². The quantitative estimate of drug-likeness (QED) is 0.555. The van der Waals surface area contributed by atoms with Gasteiger partial charge in [0.05, 0.1) is 5.69 Å². The molecule has 0 spiro atoms. The zero-order chi connectivity index (χ0) is 9.19. The molecule has 6 heteroatoms. The van der Waals surface area contributed by atoms with Crippen molar-refractivity contribution in [2.24, 2.45) is 0 Å². The van der Waals surface area contributed by atoms with Crippen molar-refractivity contribution in [1.82, 2.24) is 0 Å². The second-order valence-electron chi connectivity index (χ2n) is 2.45. The van der Waals surface area contributed by atoms with Gasteiger partial charge in [-0.25, -0.2) is 0 Å². The number of anilines is 1. The molecular formula is C7H10NNaO3S. The first kappa shape index (κ1) is 12.9. The van der Waals surface area contributed by atoms with Crippen LogP contribution in [0, 0.1) is 6.92 Å². The minimum absolute atomic E-state index is 0. The van der Waals surface area contributed by atoms with Gasteiger partial charge in [0, 0.05) is 0 Å². The number of hydrogen-bond acceptors (Lipinski definition) is 2. The van der Waals surface area contributed by atoms with Crippen LogP contribution in [0.5, 0.6) is 0 Å². The predicted molar refractivity (Wildman–Crippen MR) is 53.5 cm³/mol. The van der Waals surface area contributed by atoms with E-state index in [0.29, 0.717) is 5.69 Å². The molecule has 13 heavy (non-hydrogen) atoms. The second-order valence-corrected chi connectivity index (χ2v) is 3.60. The topological polar surface area (TPSA) is 66.4 Å². The van der Waals surface area contributed by atoms with Crippen molar-refractivity contribution in [1.29, 1.82) is 0 Å². The Morgan fingerprint density at radius 3 is 2.46 bits per heavy atom. The molecule has 0 unspecified atom stereocenters. The number of nitrogens with one attached hydrogen (secondary N) is 1. The minimum atomic E-state index is -4.14. The van der Waals surface area contributed by atoms with Crippen LogP contribution in [0.3, 0.4) is 0 Å². The van der Waals surface area contributed by atoms with Crippen molar-refractivity contribution in [3.05, 3.63) is 29.8 Å². The molecule has 4 nitrogen and oxygen atoms in total. The summed E-state index contributed by atoms with van der Waals surface area (Å²) in [6.07, 6.45) is 0. The number of rotatable bonds is 2. The van der Waals surface area contributed by atoms with Crippen LogP contribution < -0.4 is 4.72 Å². The molecule has 0 heterocycles. The summed E-state index contributed by atoms with van der Waals surface area (Å²) >= 11 is 0. The average molecular weight is 211 g/mol. The van der Waals surface area contributed by atoms with E-state index in [0.717, 1.165) is 5.56 Å². The Morgan fingerprint density at radius 2 is 2.00 bits per heavy atom. The van der Waals surface area contributed by atoms with Crippen LogP contribution in [0.15, 0.2) is 24.3 Å². The molecule has 0 atom stereocenters. The Labute approximate surface area is 99.5 Å². The van der Waals surface area contributed by atoms with Gasteiger partial charge in [-0.3, -0.25) is 9.27 Å². The van der Waals surface area contributed by atoms with Crippen molar-refractivity contribution in [3.63, 3.8) is 0 Å². The van der Waals surface area contributed by atoms with Gasteiger partial charge in [-0.1, -0.05) is 12.1 Å². The van der Waals surface area contributed by atoms with Gasteiger partial charge in [0.15, 0.2) is 0 Å². The first-order valence-corrected chi connectivity index (χ1v) is 4.73. The molecule has 0 fully saturated rings. The molecule has 0 aliphatic carbocycles. The van der Waals surface area contributed by atoms with E-state index in [9.17, 15) is 8.42 Å². The van der Waals surface area contributed by atoms with Gasteiger partial charge in [0.2, 0.25) is 0 Å². The Kier molecular flexibility index (Phi) is 4.95. The summed E-state index contributed by atoms with van der Waals surface area (Å²) in [5.74, 6) is 0. The number of benzene rings is 1. The van der Waals surface area contributed by atoms with Crippen molar-refractivity contribution in [2.75, 3.05) is 4.72 Å². The van der Waals surface area contributed by atoms with E-state index in [4.69, 9.17) is 4.55 Å². The fourth-order valence-electron chi connectivity index (χ4n) is 0.857. The Hall–Kier alpha value is -0.0700. The first-order valence-electron chi connectivity index (χ1n) is 3.29. The van der Waals surface area contributed by atoms with E-state index in [1.807, 2.05) is 17.7 Å². The number of aryl methyl sites for hydroxylation is 1. The molecule has 0 bridgehead atoms. The maximum atomic E-state index is 10.4. The molecule has 0 amide bonds. The van der Waals surface area contributed by atoms with Gasteiger partial charge in [-0.2, -0.15) is 8.42 Å². The van der Waals surface area contributed by atoms with E-state index in [2.05, 4.69) is 0 Å². The van der Waals surface area contributed by atoms with Crippen LogP contribution in [-0.2, 0) is 10.3 Å². The fraction of sp³-hybridized carbons (Fsp3) is 0.143. The van der Waals surface area contributed by atoms with E-state index < -0.39 is 10.3 Å². The molecule has 2 N–H and O–H groups in total. The molecule has 0 aliphatic heterocycles. The summed E-state index contributed by atoms with van der Waals surface area (Å²) in [6.45, 7) is 1.83. The number of hydrogen-bond donors (Lipinski definition) is 2.